The van der Waals surface area contributed by atoms with Crippen molar-refractivity contribution in [1.82, 2.24) is 4.98 Å². The number of rotatable bonds is 4. The number of carbonyl (C=O) groups is 1. The van der Waals surface area contributed by atoms with Crippen LogP contribution in [0, 0.1) is 11.8 Å². The van der Waals surface area contributed by atoms with Crippen molar-refractivity contribution in [2.45, 2.75) is 13.8 Å². The van der Waals surface area contributed by atoms with Crippen molar-refractivity contribution in [3.05, 3.63) is 34.3 Å². The Labute approximate surface area is 104 Å². The highest BCUT2D eigenvalue weighted by Gasteiger charge is 2.22. The number of hydrogen-bond donors (Lipinski definition) is 2. The Morgan fingerprint density at radius 1 is 1.44 bits per heavy atom. The summed E-state index contributed by atoms with van der Waals surface area (Å²) < 4.78 is 4.89. The number of fused-ring (bicyclic) bond motifs is 1. The van der Waals surface area contributed by atoms with Gasteiger partial charge < -0.3 is 10.2 Å². The fourth-order valence-electron chi connectivity index (χ4n) is 2.00. The molecule has 96 valence electrons. The molecule has 0 amide bonds. The van der Waals surface area contributed by atoms with Crippen molar-refractivity contribution < 1.29 is 9.21 Å². The van der Waals surface area contributed by atoms with Crippen molar-refractivity contribution in [3.8, 4) is 0 Å². The largest absolute Gasteiger partial charge is 0.417 e. The van der Waals surface area contributed by atoms with E-state index in [4.69, 9.17) is 10.2 Å². The first kappa shape index (κ1) is 12.6. The van der Waals surface area contributed by atoms with Gasteiger partial charge in [0.15, 0.2) is 11.4 Å². The van der Waals surface area contributed by atoms with Gasteiger partial charge in [-0.3, -0.25) is 9.78 Å². The van der Waals surface area contributed by atoms with Gasteiger partial charge in [-0.1, -0.05) is 13.8 Å². The number of H-pyrrole nitrogens is 1. The number of carbonyl (C=O) groups excluding carboxylic acids is 1. The number of oxazole rings is 1. The summed E-state index contributed by atoms with van der Waals surface area (Å²) >= 11 is 0. The Hall–Kier alpha value is -1.88. The van der Waals surface area contributed by atoms with E-state index < -0.39 is 5.76 Å². The van der Waals surface area contributed by atoms with E-state index in [-0.39, 0.29) is 17.6 Å². The number of ketones is 1. The van der Waals surface area contributed by atoms with Gasteiger partial charge in [0.25, 0.3) is 0 Å². The lowest BCUT2D eigenvalue weighted by Crippen LogP contribution is -2.28. The average molecular weight is 248 g/mol. The second-order valence-electron chi connectivity index (χ2n) is 4.68. The van der Waals surface area contributed by atoms with Gasteiger partial charge >= 0.3 is 5.76 Å². The monoisotopic (exact) mass is 248 g/mol. The molecule has 0 saturated heterocycles. The summed E-state index contributed by atoms with van der Waals surface area (Å²) in [6.45, 7) is 4.25. The maximum Gasteiger partial charge on any atom is 0.417 e. The van der Waals surface area contributed by atoms with Crippen LogP contribution in [-0.4, -0.2) is 17.3 Å². The SMILES string of the molecule is CC(C)C(CN)C(=O)c1ccc2oc(=O)[nH]c2c1. The fraction of sp³-hybridized carbons (Fsp3) is 0.385. The third-order valence-corrected chi connectivity index (χ3v) is 3.10. The fourth-order valence-corrected chi connectivity index (χ4v) is 2.00. The third-order valence-electron chi connectivity index (χ3n) is 3.10. The highest BCUT2D eigenvalue weighted by molar-refractivity contribution is 6.00. The van der Waals surface area contributed by atoms with Crippen molar-refractivity contribution in [2.75, 3.05) is 6.54 Å². The molecule has 5 heteroatoms. The number of Topliss-reactive ketones (excluding diaryl/α,β-unsaturated/α-hetero) is 1. The quantitative estimate of drug-likeness (QED) is 0.803. The second-order valence-corrected chi connectivity index (χ2v) is 4.68. The number of nitrogens with two attached hydrogens (primary N) is 1. The maximum absolute atomic E-state index is 12.3. The first-order valence-electron chi connectivity index (χ1n) is 5.90. The van der Waals surface area contributed by atoms with Gasteiger partial charge in [-0.15, -0.1) is 0 Å². The first-order valence-corrected chi connectivity index (χ1v) is 5.90. The second kappa shape index (κ2) is 4.78. The lowest BCUT2D eigenvalue weighted by Gasteiger charge is -2.17. The van der Waals surface area contributed by atoms with Crippen molar-refractivity contribution >= 4 is 16.9 Å². The molecular formula is C13H16N2O3. The summed E-state index contributed by atoms with van der Waals surface area (Å²) in [4.78, 5) is 25.8. The topological polar surface area (TPSA) is 89.1 Å². The van der Waals surface area contributed by atoms with Gasteiger partial charge in [-0.25, -0.2) is 4.79 Å². The van der Waals surface area contributed by atoms with Crippen LogP contribution in [0.5, 0.6) is 0 Å². The molecule has 0 spiro atoms. The molecule has 1 atom stereocenters. The Balaban J connectivity index is 2.41. The Morgan fingerprint density at radius 3 is 2.78 bits per heavy atom. The van der Waals surface area contributed by atoms with Crippen molar-refractivity contribution in [2.24, 2.45) is 17.6 Å². The standard InChI is InChI=1S/C13H16N2O3/c1-7(2)9(6-14)12(16)8-3-4-11-10(5-8)15-13(17)18-11/h3-5,7,9H,6,14H2,1-2H3,(H,15,17). The van der Waals surface area contributed by atoms with Crippen LogP contribution in [0.4, 0.5) is 0 Å². The zero-order valence-electron chi connectivity index (χ0n) is 10.4. The molecule has 18 heavy (non-hydrogen) atoms. The zero-order chi connectivity index (χ0) is 13.3. The van der Waals surface area contributed by atoms with Crippen LogP contribution in [0.1, 0.15) is 24.2 Å². The smallest absolute Gasteiger partial charge is 0.408 e. The van der Waals surface area contributed by atoms with E-state index >= 15 is 0 Å². The minimum Gasteiger partial charge on any atom is -0.408 e. The van der Waals surface area contributed by atoms with Gasteiger partial charge in [0.05, 0.1) is 5.52 Å². The number of hydrogen-bond acceptors (Lipinski definition) is 4. The molecule has 5 nitrogen and oxygen atoms in total. The molecule has 1 aromatic heterocycles. The van der Waals surface area contributed by atoms with Crippen LogP contribution >= 0.6 is 0 Å². The predicted molar refractivity (Wildman–Crippen MR) is 68.5 cm³/mol. The summed E-state index contributed by atoms with van der Waals surface area (Å²) in [5.41, 5.74) is 7.16. The summed E-state index contributed by atoms with van der Waals surface area (Å²) in [7, 11) is 0. The molecule has 1 heterocycles. The van der Waals surface area contributed by atoms with E-state index in [0.717, 1.165) is 0 Å². The molecular weight excluding hydrogens is 232 g/mol. The number of aromatic amines is 1. The van der Waals surface area contributed by atoms with Crippen molar-refractivity contribution in [1.29, 1.82) is 0 Å². The molecule has 0 aliphatic rings. The summed E-state index contributed by atoms with van der Waals surface area (Å²) in [6, 6.07) is 4.91. The Bertz CT molecular complexity index is 624. The Morgan fingerprint density at radius 2 is 2.17 bits per heavy atom. The van der Waals surface area contributed by atoms with E-state index in [1.54, 1.807) is 18.2 Å². The number of aromatic nitrogens is 1. The molecule has 3 N–H and O–H groups in total. The minimum atomic E-state index is -0.520. The first-order chi connectivity index (χ1) is 8.52. The lowest BCUT2D eigenvalue weighted by molar-refractivity contribution is 0.0892. The van der Waals surface area contributed by atoms with Crippen LogP contribution in [0.2, 0.25) is 0 Å². The van der Waals surface area contributed by atoms with E-state index in [2.05, 4.69) is 4.98 Å². The average Bonchev–Trinajstić information content (AvgIpc) is 2.68. The summed E-state index contributed by atoms with van der Waals surface area (Å²) in [6.07, 6.45) is 0. The Kier molecular flexibility index (Phi) is 3.34. The minimum absolute atomic E-state index is 0.00329. The highest BCUT2D eigenvalue weighted by Crippen LogP contribution is 2.19. The van der Waals surface area contributed by atoms with Crippen LogP contribution in [0.25, 0.3) is 11.1 Å². The lowest BCUT2D eigenvalue weighted by atomic mass is 9.88. The molecule has 0 aliphatic heterocycles. The summed E-state index contributed by atoms with van der Waals surface area (Å²) in [5.74, 6) is -0.548. The van der Waals surface area contributed by atoms with E-state index in [9.17, 15) is 9.59 Å². The molecule has 0 bridgehead atoms. The molecule has 0 aliphatic carbocycles. The maximum atomic E-state index is 12.3. The van der Waals surface area contributed by atoms with Gasteiger partial charge in [0.2, 0.25) is 0 Å². The van der Waals surface area contributed by atoms with Crippen LogP contribution in [0.3, 0.4) is 0 Å². The predicted octanol–water partition coefficient (Wildman–Crippen LogP) is 1.53. The van der Waals surface area contributed by atoms with Crippen LogP contribution in [0.15, 0.2) is 27.4 Å². The van der Waals surface area contributed by atoms with E-state index in [1.165, 1.54) is 0 Å². The van der Waals surface area contributed by atoms with Crippen molar-refractivity contribution in [3.63, 3.8) is 0 Å². The van der Waals surface area contributed by atoms with Crippen LogP contribution in [-0.2, 0) is 0 Å². The normalized spacial score (nSPS) is 13.1. The van der Waals surface area contributed by atoms with Gasteiger partial charge in [0.1, 0.15) is 0 Å². The molecule has 2 rings (SSSR count). The van der Waals surface area contributed by atoms with Crippen LogP contribution < -0.4 is 11.5 Å². The van der Waals surface area contributed by atoms with E-state index in [0.29, 0.717) is 23.2 Å². The van der Waals surface area contributed by atoms with Gasteiger partial charge in [-0.2, -0.15) is 0 Å². The number of nitrogens with one attached hydrogen (secondary N) is 1. The third kappa shape index (κ3) is 2.22. The number of benzene rings is 1. The molecule has 0 fully saturated rings. The van der Waals surface area contributed by atoms with E-state index in [1.807, 2.05) is 13.8 Å². The zero-order valence-corrected chi connectivity index (χ0v) is 10.4. The molecule has 1 unspecified atom stereocenters. The molecule has 1 aromatic carbocycles. The van der Waals surface area contributed by atoms with Gasteiger partial charge in [-0.05, 0) is 24.1 Å². The molecule has 2 aromatic rings. The molecule has 0 saturated carbocycles. The van der Waals surface area contributed by atoms with Gasteiger partial charge in [0, 0.05) is 18.0 Å². The highest BCUT2D eigenvalue weighted by atomic mass is 16.4. The molecule has 0 radical (unpaired) electrons. The summed E-state index contributed by atoms with van der Waals surface area (Å²) in [5, 5.41) is 0.